The van der Waals surface area contributed by atoms with Crippen molar-refractivity contribution in [3.05, 3.63) is 87.2 Å². The van der Waals surface area contributed by atoms with Crippen molar-refractivity contribution < 1.29 is 18.7 Å². The number of carbonyl (C=O) groups excluding carboxylic acids is 2. The number of aryl methyl sites for hydroxylation is 3. The summed E-state index contributed by atoms with van der Waals surface area (Å²) in [6, 6.07) is 11.3. The highest BCUT2D eigenvalue weighted by Crippen LogP contribution is 2.18. The monoisotopic (exact) mass is 491 g/mol. The van der Waals surface area contributed by atoms with Gasteiger partial charge in [-0.2, -0.15) is 0 Å². The van der Waals surface area contributed by atoms with Gasteiger partial charge in [-0.1, -0.05) is 19.1 Å². The van der Waals surface area contributed by atoms with E-state index in [-0.39, 0.29) is 23.6 Å². The van der Waals surface area contributed by atoms with Crippen molar-refractivity contribution in [3.8, 4) is 5.75 Å². The highest BCUT2D eigenvalue weighted by Gasteiger charge is 2.26. The van der Waals surface area contributed by atoms with Gasteiger partial charge in [0.25, 0.3) is 11.8 Å². The number of carbonyl (C=O) groups is 2. The molecule has 1 aromatic carbocycles. The number of hydrogen-bond acceptors (Lipinski definition) is 5. The Balaban J connectivity index is 1.58. The molecule has 190 valence electrons. The average molecular weight is 492 g/mol. The van der Waals surface area contributed by atoms with E-state index in [0.717, 1.165) is 29.9 Å². The summed E-state index contributed by atoms with van der Waals surface area (Å²) in [5.41, 5.74) is 0.504. The lowest BCUT2D eigenvalue weighted by Crippen LogP contribution is -2.41. The van der Waals surface area contributed by atoms with E-state index in [2.05, 4.69) is 12.2 Å². The molecule has 3 heterocycles. The molecule has 3 aromatic rings. The Bertz CT molecular complexity index is 1270. The van der Waals surface area contributed by atoms with Gasteiger partial charge in [-0.3, -0.25) is 14.4 Å². The molecule has 8 heteroatoms. The number of amides is 2. The van der Waals surface area contributed by atoms with E-state index in [1.54, 1.807) is 28.8 Å². The highest BCUT2D eigenvalue weighted by atomic mass is 16.5. The van der Waals surface area contributed by atoms with Gasteiger partial charge >= 0.3 is 0 Å². The van der Waals surface area contributed by atoms with Crippen molar-refractivity contribution in [1.82, 2.24) is 14.8 Å². The summed E-state index contributed by atoms with van der Waals surface area (Å²) in [6.45, 7) is 5.86. The molecule has 0 unspecified atom stereocenters. The zero-order valence-corrected chi connectivity index (χ0v) is 21.1. The van der Waals surface area contributed by atoms with Gasteiger partial charge in [0.15, 0.2) is 0 Å². The van der Waals surface area contributed by atoms with Crippen LogP contribution >= 0.6 is 0 Å². The minimum Gasteiger partial charge on any atom is -0.497 e. The SMILES string of the molecule is COc1ccc(CCn2cc(C(=O)NCc3ccc(C)o3)c(=O)c(C(=O)N3CCC(C)CC3)c2)cc1. The predicted molar refractivity (Wildman–Crippen MR) is 136 cm³/mol. The van der Waals surface area contributed by atoms with Crippen molar-refractivity contribution in [3.63, 3.8) is 0 Å². The standard InChI is InChI=1S/C28H33N3O5/c1-19-10-14-31(15-11-19)28(34)25-18-30(13-12-21-5-8-22(35-3)9-6-21)17-24(26(25)32)27(33)29-16-23-7-4-20(2)36-23/h4-9,17-19H,10-16H2,1-3H3,(H,29,33). The number of methoxy groups -OCH3 is 1. The molecule has 0 radical (unpaired) electrons. The first-order valence-electron chi connectivity index (χ1n) is 12.3. The van der Waals surface area contributed by atoms with Crippen molar-refractivity contribution >= 4 is 11.8 Å². The van der Waals surface area contributed by atoms with Gasteiger partial charge in [-0.15, -0.1) is 0 Å². The van der Waals surface area contributed by atoms with Crippen LogP contribution in [0.5, 0.6) is 5.75 Å². The number of aromatic nitrogens is 1. The molecule has 1 fully saturated rings. The molecule has 8 nitrogen and oxygen atoms in total. The number of nitrogens with one attached hydrogen (secondary N) is 1. The summed E-state index contributed by atoms with van der Waals surface area (Å²) in [7, 11) is 1.62. The number of furan rings is 1. The lowest BCUT2D eigenvalue weighted by atomic mass is 9.98. The predicted octanol–water partition coefficient (Wildman–Crippen LogP) is 3.80. The van der Waals surface area contributed by atoms with Crippen molar-refractivity contribution in [2.45, 2.75) is 46.2 Å². The van der Waals surface area contributed by atoms with Crippen LogP contribution in [-0.4, -0.2) is 41.5 Å². The summed E-state index contributed by atoms with van der Waals surface area (Å²) in [4.78, 5) is 41.4. The Labute approximate surface area is 210 Å². The second kappa shape index (κ2) is 11.3. The van der Waals surface area contributed by atoms with Crippen molar-refractivity contribution in [2.24, 2.45) is 5.92 Å². The molecule has 0 aliphatic carbocycles. The molecule has 36 heavy (non-hydrogen) atoms. The van der Waals surface area contributed by atoms with Gasteiger partial charge in [-0.25, -0.2) is 0 Å². The van der Waals surface area contributed by atoms with Crippen LogP contribution in [0.2, 0.25) is 0 Å². The maximum absolute atomic E-state index is 13.3. The topological polar surface area (TPSA) is 93.8 Å². The number of pyridine rings is 1. The fourth-order valence-electron chi connectivity index (χ4n) is 4.35. The Morgan fingerprint density at radius 2 is 1.75 bits per heavy atom. The smallest absolute Gasteiger partial charge is 0.259 e. The van der Waals surface area contributed by atoms with Gasteiger partial charge in [0.05, 0.1) is 13.7 Å². The fraction of sp³-hybridized carbons (Fsp3) is 0.393. The van der Waals surface area contributed by atoms with Crippen molar-refractivity contribution in [2.75, 3.05) is 20.2 Å². The number of benzene rings is 1. The van der Waals surface area contributed by atoms with Gasteiger partial charge < -0.3 is 23.9 Å². The molecule has 0 atom stereocenters. The zero-order chi connectivity index (χ0) is 25.7. The lowest BCUT2D eigenvalue weighted by Gasteiger charge is -2.30. The third kappa shape index (κ3) is 6.05. The Hall–Kier alpha value is -3.81. The van der Waals surface area contributed by atoms with E-state index in [4.69, 9.17) is 9.15 Å². The minimum atomic E-state index is -0.549. The Kier molecular flexibility index (Phi) is 7.93. The Morgan fingerprint density at radius 3 is 2.39 bits per heavy atom. The fourth-order valence-corrected chi connectivity index (χ4v) is 4.35. The summed E-state index contributed by atoms with van der Waals surface area (Å²) >= 11 is 0. The van der Waals surface area contributed by atoms with Gasteiger partial charge in [0, 0.05) is 32.0 Å². The second-order valence-corrected chi connectivity index (χ2v) is 9.42. The quantitative estimate of drug-likeness (QED) is 0.517. The minimum absolute atomic E-state index is 0.0285. The lowest BCUT2D eigenvalue weighted by molar-refractivity contribution is 0.0695. The van der Waals surface area contributed by atoms with Gasteiger partial charge in [0.1, 0.15) is 28.4 Å². The molecule has 0 saturated carbocycles. The van der Waals surface area contributed by atoms with Crippen LogP contribution in [-0.2, 0) is 19.5 Å². The number of piperidine rings is 1. The third-order valence-electron chi connectivity index (χ3n) is 6.66. The highest BCUT2D eigenvalue weighted by molar-refractivity contribution is 5.99. The van der Waals surface area contributed by atoms with Crippen LogP contribution in [0.25, 0.3) is 0 Å². The largest absolute Gasteiger partial charge is 0.497 e. The molecule has 1 aliphatic heterocycles. The first-order valence-corrected chi connectivity index (χ1v) is 12.3. The normalized spacial score (nSPS) is 14.0. The summed E-state index contributed by atoms with van der Waals surface area (Å²) in [6.07, 6.45) is 5.58. The van der Waals surface area contributed by atoms with Crippen LogP contribution < -0.4 is 15.5 Å². The molecule has 2 aromatic heterocycles. The van der Waals surface area contributed by atoms with Crippen LogP contribution in [0.1, 0.15) is 57.6 Å². The first kappa shape index (κ1) is 25.3. The number of hydrogen-bond donors (Lipinski definition) is 1. The molecule has 1 N–H and O–H groups in total. The van der Waals surface area contributed by atoms with E-state index in [0.29, 0.717) is 37.7 Å². The maximum Gasteiger partial charge on any atom is 0.259 e. The third-order valence-corrected chi connectivity index (χ3v) is 6.66. The number of nitrogens with zero attached hydrogens (tertiary/aromatic N) is 2. The second-order valence-electron chi connectivity index (χ2n) is 9.42. The summed E-state index contributed by atoms with van der Waals surface area (Å²) < 4.78 is 12.5. The van der Waals surface area contributed by atoms with E-state index in [1.807, 2.05) is 37.3 Å². The van der Waals surface area contributed by atoms with Crippen LogP contribution in [0.3, 0.4) is 0 Å². The molecule has 4 rings (SSSR count). The molecule has 2 amide bonds. The van der Waals surface area contributed by atoms with E-state index < -0.39 is 11.3 Å². The van der Waals surface area contributed by atoms with Crippen LogP contribution in [0.15, 0.2) is 58.0 Å². The zero-order valence-electron chi connectivity index (χ0n) is 21.1. The van der Waals surface area contributed by atoms with Crippen LogP contribution in [0, 0.1) is 12.8 Å². The van der Waals surface area contributed by atoms with E-state index in [9.17, 15) is 14.4 Å². The summed E-state index contributed by atoms with van der Waals surface area (Å²) in [5, 5.41) is 2.75. The molecule has 1 saturated heterocycles. The summed E-state index contributed by atoms with van der Waals surface area (Å²) in [5.74, 6) is 1.81. The number of likely N-dealkylation sites (tertiary alicyclic amines) is 1. The maximum atomic E-state index is 13.3. The van der Waals surface area contributed by atoms with Gasteiger partial charge in [0.2, 0.25) is 5.43 Å². The average Bonchev–Trinajstić information content (AvgIpc) is 3.32. The van der Waals surface area contributed by atoms with Crippen molar-refractivity contribution in [1.29, 1.82) is 0 Å². The van der Waals surface area contributed by atoms with E-state index in [1.165, 1.54) is 6.20 Å². The molecule has 0 bridgehead atoms. The molecular weight excluding hydrogens is 458 g/mol. The van der Waals surface area contributed by atoms with Gasteiger partial charge in [-0.05, 0) is 61.9 Å². The Morgan fingerprint density at radius 1 is 1.06 bits per heavy atom. The van der Waals surface area contributed by atoms with E-state index >= 15 is 0 Å². The number of ether oxygens (including phenoxy) is 1. The first-order chi connectivity index (χ1) is 17.3. The molecular formula is C28H33N3O5. The van der Waals surface area contributed by atoms with Crippen LogP contribution in [0.4, 0.5) is 0 Å². The number of rotatable bonds is 8. The molecule has 0 spiro atoms. The molecule has 1 aliphatic rings.